The average molecular weight is 214 g/mol. The van der Waals surface area contributed by atoms with E-state index in [1.807, 2.05) is 31.2 Å². The molecule has 0 aromatic heterocycles. The molecule has 0 aliphatic heterocycles. The number of aliphatic hydroxyl groups excluding tert-OH is 1. The highest BCUT2D eigenvalue weighted by molar-refractivity contribution is 6.31. The highest BCUT2D eigenvalue weighted by atomic mass is 35.5. The number of benzene rings is 1. The molecule has 0 amide bonds. The Morgan fingerprint density at radius 1 is 1.36 bits per heavy atom. The summed E-state index contributed by atoms with van der Waals surface area (Å²) in [6.45, 7) is 4.36. The van der Waals surface area contributed by atoms with Crippen molar-refractivity contribution < 1.29 is 5.11 Å². The quantitative estimate of drug-likeness (QED) is 0.805. The second-order valence-electron chi connectivity index (χ2n) is 3.50. The molecule has 0 aliphatic carbocycles. The van der Waals surface area contributed by atoms with Crippen LogP contribution < -0.4 is 5.32 Å². The Kier molecular flexibility index (Phi) is 4.39. The van der Waals surface area contributed by atoms with E-state index in [1.54, 1.807) is 6.92 Å². The predicted molar refractivity (Wildman–Crippen MR) is 59.6 cm³/mol. The van der Waals surface area contributed by atoms with Crippen LogP contribution in [-0.2, 0) is 0 Å². The summed E-state index contributed by atoms with van der Waals surface area (Å²) in [5, 5.41) is 13.1. The van der Waals surface area contributed by atoms with Crippen molar-refractivity contribution >= 4 is 11.6 Å². The third-order valence-corrected chi connectivity index (χ3v) is 2.44. The fourth-order valence-corrected chi connectivity index (χ4v) is 1.58. The molecule has 0 radical (unpaired) electrons. The maximum atomic E-state index is 9.12. The van der Waals surface area contributed by atoms with E-state index < -0.39 is 0 Å². The van der Waals surface area contributed by atoms with Gasteiger partial charge in [0.1, 0.15) is 0 Å². The number of rotatable bonds is 4. The van der Waals surface area contributed by atoms with Crippen molar-refractivity contribution in [1.82, 2.24) is 5.32 Å². The van der Waals surface area contributed by atoms with E-state index >= 15 is 0 Å². The summed E-state index contributed by atoms with van der Waals surface area (Å²) in [6.07, 6.45) is -0.333. The highest BCUT2D eigenvalue weighted by Gasteiger charge is 2.08. The van der Waals surface area contributed by atoms with Crippen LogP contribution in [0.15, 0.2) is 24.3 Å². The minimum atomic E-state index is -0.333. The van der Waals surface area contributed by atoms with Crippen molar-refractivity contribution in [2.45, 2.75) is 26.0 Å². The van der Waals surface area contributed by atoms with Gasteiger partial charge in [-0.3, -0.25) is 0 Å². The fraction of sp³-hybridized carbons (Fsp3) is 0.455. The van der Waals surface area contributed by atoms with E-state index in [2.05, 4.69) is 5.32 Å². The Hall–Kier alpha value is -0.570. The molecular weight excluding hydrogens is 198 g/mol. The van der Waals surface area contributed by atoms with Crippen molar-refractivity contribution in [2.75, 3.05) is 6.54 Å². The summed E-state index contributed by atoms with van der Waals surface area (Å²) in [5.41, 5.74) is 1.06. The number of hydrogen-bond donors (Lipinski definition) is 2. The van der Waals surface area contributed by atoms with Gasteiger partial charge in [-0.25, -0.2) is 0 Å². The second kappa shape index (κ2) is 5.35. The van der Waals surface area contributed by atoms with E-state index in [9.17, 15) is 0 Å². The molecule has 0 saturated heterocycles. The van der Waals surface area contributed by atoms with Gasteiger partial charge < -0.3 is 10.4 Å². The summed E-state index contributed by atoms with van der Waals surface area (Å²) in [4.78, 5) is 0. The summed E-state index contributed by atoms with van der Waals surface area (Å²) in [7, 11) is 0. The van der Waals surface area contributed by atoms with Gasteiger partial charge in [0.15, 0.2) is 0 Å². The molecule has 14 heavy (non-hydrogen) atoms. The van der Waals surface area contributed by atoms with Crippen molar-refractivity contribution in [2.24, 2.45) is 0 Å². The summed E-state index contributed by atoms with van der Waals surface area (Å²) >= 11 is 6.03. The van der Waals surface area contributed by atoms with Crippen LogP contribution in [0.2, 0.25) is 5.02 Å². The van der Waals surface area contributed by atoms with Crippen LogP contribution in [0.4, 0.5) is 0 Å². The third-order valence-electron chi connectivity index (χ3n) is 2.09. The Morgan fingerprint density at radius 2 is 2.00 bits per heavy atom. The van der Waals surface area contributed by atoms with Crippen LogP contribution in [0.1, 0.15) is 25.5 Å². The molecule has 0 fully saturated rings. The average Bonchev–Trinajstić information content (AvgIpc) is 2.15. The molecule has 1 aromatic rings. The Balaban J connectivity index is 2.60. The number of hydrogen-bond acceptors (Lipinski definition) is 2. The van der Waals surface area contributed by atoms with E-state index in [0.717, 1.165) is 10.6 Å². The molecule has 3 heteroatoms. The molecule has 2 nitrogen and oxygen atoms in total. The Morgan fingerprint density at radius 3 is 2.57 bits per heavy atom. The van der Waals surface area contributed by atoms with Gasteiger partial charge in [0, 0.05) is 17.6 Å². The maximum absolute atomic E-state index is 9.12. The molecule has 0 heterocycles. The molecule has 2 N–H and O–H groups in total. The van der Waals surface area contributed by atoms with Crippen LogP contribution in [-0.4, -0.2) is 17.8 Å². The molecule has 1 aromatic carbocycles. The zero-order valence-electron chi connectivity index (χ0n) is 8.50. The summed E-state index contributed by atoms with van der Waals surface area (Å²) in [5.74, 6) is 0. The number of nitrogens with one attached hydrogen (secondary N) is 1. The van der Waals surface area contributed by atoms with Crippen LogP contribution in [0.25, 0.3) is 0 Å². The van der Waals surface area contributed by atoms with Gasteiger partial charge in [0.25, 0.3) is 0 Å². The molecule has 0 bridgehead atoms. The lowest BCUT2D eigenvalue weighted by atomic mass is 10.1. The Bertz CT molecular complexity index is 288. The van der Waals surface area contributed by atoms with Crippen LogP contribution in [0.3, 0.4) is 0 Å². The lowest BCUT2D eigenvalue weighted by molar-refractivity contribution is 0.187. The monoisotopic (exact) mass is 213 g/mol. The lowest BCUT2D eigenvalue weighted by Crippen LogP contribution is -2.27. The van der Waals surface area contributed by atoms with Crippen molar-refractivity contribution in [3.8, 4) is 0 Å². The first-order valence-electron chi connectivity index (χ1n) is 4.77. The van der Waals surface area contributed by atoms with E-state index in [0.29, 0.717) is 6.54 Å². The first kappa shape index (κ1) is 11.5. The molecule has 0 unspecified atom stereocenters. The topological polar surface area (TPSA) is 32.3 Å². The highest BCUT2D eigenvalue weighted by Crippen LogP contribution is 2.21. The first-order valence-corrected chi connectivity index (χ1v) is 5.15. The van der Waals surface area contributed by atoms with Crippen molar-refractivity contribution in [3.63, 3.8) is 0 Å². The molecule has 2 atom stereocenters. The predicted octanol–water partition coefficient (Wildman–Crippen LogP) is 2.37. The molecule has 0 saturated carbocycles. The van der Waals surface area contributed by atoms with Crippen LogP contribution in [0.5, 0.6) is 0 Å². The second-order valence-corrected chi connectivity index (χ2v) is 3.91. The van der Waals surface area contributed by atoms with E-state index in [1.165, 1.54) is 0 Å². The molecule has 0 aliphatic rings. The first-order chi connectivity index (χ1) is 6.61. The van der Waals surface area contributed by atoms with Gasteiger partial charge in [0.05, 0.1) is 6.10 Å². The van der Waals surface area contributed by atoms with Crippen molar-refractivity contribution in [1.29, 1.82) is 0 Å². The van der Waals surface area contributed by atoms with Gasteiger partial charge in [-0.2, -0.15) is 0 Å². The zero-order valence-corrected chi connectivity index (χ0v) is 9.25. The van der Waals surface area contributed by atoms with Crippen LogP contribution >= 0.6 is 11.6 Å². The normalized spacial score (nSPS) is 15.1. The summed E-state index contributed by atoms with van der Waals surface area (Å²) in [6, 6.07) is 7.90. The maximum Gasteiger partial charge on any atom is 0.0636 e. The largest absolute Gasteiger partial charge is 0.392 e. The van der Waals surface area contributed by atoms with Gasteiger partial charge in [-0.05, 0) is 25.5 Å². The number of halogens is 1. The molecule has 1 rings (SSSR count). The minimum Gasteiger partial charge on any atom is -0.392 e. The number of aliphatic hydroxyl groups is 1. The van der Waals surface area contributed by atoms with Gasteiger partial charge in [0.2, 0.25) is 0 Å². The van der Waals surface area contributed by atoms with Gasteiger partial charge in [-0.1, -0.05) is 29.8 Å². The summed E-state index contributed by atoms with van der Waals surface area (Å²) < 4.78 is 0. The van der Waals surface area contributed by atoms with Gasteiger partial charge >= 0.3 is 0 Å². The third kappa shape index (κ3) is 3.29. The smallest absolute Gasteiger partial charge is 0.0636 e. The molecule has 0 spiro atoms. The van der Waals surface area contributed by atoms with E-state index in [-0.39, 0.29) is 12.1 Å². The molecular formula is C11H16ClNO. The zero-order chi connectivity index (χ0) is 10.6. The Labute approximate surface area is 89.9 Å². The SMILES string of the molecule is C[C@H](O)CN[C@H](C)c1ccccc1Cl. The minimum absolute atomic E-state index is 0.165. The van der Waals surface area contributed by atoms with Crippen molar-refractivity contribution in [3.05, 3.63) is 34.9 Å². The standard InChI is InChI=1S/C11H16ClNO/c1-8(14)7-13-9(2)10-5-3-4-6-11(10)12/h3-6,8-9,13-14H,7H2,1-2H3/t8-,9+/m0/s1. The van der Waals surface area contributed by atoms with E-state index in [4.69, 9.17) is 16.7 Å². The fourth-order valence-electron chi connectivity index (χ4n) is 1.28. The van der Waals surface area contributed by atoms with Crippen LogP contribution in [0, 0.1) is 0 Å². The molecule has 78 valence electrons. The lowest BCUT2D eigenvalue weighted by Gasteiger charge is -2.16. The van der Waals surface area contributed by atoms with Gasteiger partial charge in [-0.15, -0.1) is 0 Å².